The van der Waals surface area contributed by atoms with E-state index in [0.717, 1.165) is 0 Å². The minimum atomic E-state index is -3.66. The molecule has 0 aromatic heterocycles. The molecule has 0 bridgehead atoms. The Morgan fingerprint density at radius 3 is 2.52 bits per heavy atom. The molecule has 1 aromatic rings. The van der Waals surface area contributed by atoms with Gasteiger partial charge in [-0.15, -0.1) is 0 Å². The zero-order valence-corrected chi connectivity index (χ0v) is 13.0. The van der Waals surface area contributed by atoms with Crippen molar-refractivity contribution in [2.45, 2.75) is 32.1 Å². The Balaban J connectivity index is 2.71. The van der Waals surface area contributed by atoms with Crippen LogP contribution in [-0.4, -0.2) is 25.9 Å². The fraction of sp³-hybridized carbons (Fsp3) is 0.538. The zero-order chi connectivity index (χ0) is 16.0. The second-order valence-corrected chi connectivity index (χ2v) is 7.19. The fourth-order valence-electron chi connectivity index (χ4n) is 1.99. The molecule has 0 radical (unpaired) electrons. The molecule has 1 aromatic carbocycles. The van der Waals surface area contributed by atoms with Gasteiger partial charge in [0.05, 0.1) is 10.7 Å². The van der Waals surface area contributed by atoms with Crippen molar-refractivity contribution in [3.63, 3.8) is 0 Å². The van der Waals surface area contributed by atoms with Crippen molar-refractivity contribution in [3.05, 3.63) is 39.9 Å². The molecule has 0 fully saturated rings. The molecule has 0 heterocycles. The lowest BCUT2D eigenvalue weighted by Crippen LogP contribution is -2.38. The minimum absolute atomic E-state index is 0.126. The van der Waals surface area contributed by atoms with Gasteiger partial charge in [0.2, 0.25) is 10.0 Å². The van der Waals surface area contributed by atoms with Crippen LogP contribution in [0.25, 0.3) is 0 Å². The van der Waals surface area contributed by atoms with E-state index in [1.165, 1.54) is 18.2 Å². The van der Waals surface area contributed by atoms with Crippen molar-refractivity contribution in [3.8, 4) is 0 Å². The van der Waals surface area contributed by atoms with Crippen molar-refractivity contribution in [1.82, 2.24) is 4.72 Å². The highest BCUT2D eigenvalue weighted by atomic mass is 32.2. The SMILES string of the molecule is CC(C)CC(N)CNS(=O)(=O)Cc1ccccc1[N+](=O)[O-]. The van der Waals surface area contributed by atoms with E-state index in [4.69, 9.17) is 5.73 Å². The van der Waals surface area contributed by atoms with Crippen molar-refractivity contribution in [2.24, 2.45) is 11.7 Å². The van der Waals surface area contributed by atoms with Crippen molar-refractivity contribution in [1.29, 1.82) is 0 Å². The predicted molar refractivity (Wildman–Crippen MR) is 81.2 cm³/mol. The maximum atomic E-state index is 12.0. The first-order valence-corrected chi connectivity index (χ1v) is 8.31. The summed E-state index contributed by atoms with van der Waals surface area (Å²) in [5.41, 5.74) is 5.78. The van der Waals surface area contributed by atoms with Crippen LogP contribution in [0.2, 0.25) is 0 Å². The van der Waals surface area contributed by atoms with Gasteiger partial charge in [0, 0.05) is 24.2 Å². The second-order valence-electron chi connectivity index (χ2n) is 5.38. The van der Waals surface area contributed by atoms with Gasteiger partial charge in [-0.05, 0) is 12.3 Å². The molecule has 0 saturated heterocycles. The number of nitrogens with one attached hydrogen (secondary N) is 1. The van der Waals surface area contributed by atoms with Crippen LogP contribution in [0, 0.1) is 16.0 Å². The van der Waals surface area contributed by atoms with Crippen LogP contribution in [0.1, 0.15) is 25.8 Å². The van der Waals surface area contributed by atoms with E-state index in [9.17, 15) is 18.5 Å². The lowest BCUT2D eigenvalue weighted by molar-refractivity contribution is -0.385. The average Bonchev–Trinajstić information content (AvgIpc) is 2.35. The lowest BCUT2D eigenvalue weighted by Gasteiger charge is -2.15. The standard InChI is InChI=1S/C13H21N3O4S/c1-10(2)7-12(14)8-15-21(19,20)9-11-5-3-4-6-13(11)16(17)18/h3-6,10,12,15H,7-9,14H2,1-2H3. The zero-order valence-electron chi connectivity index (χ0n) is 12.2. The third-order valence-electron chi connectivity index (χ3n) is 2.87. The Labute approximate surface area is 124 Å². The molecule has 0 aliphatic rings. The number of nitrogens with zero attached hydrogens (tertiary/aromatic N) is 1. The number of benzene rings is 1. The van der Waals surface area contributed by atoms with Gasteiger partial charge in [0.15, 0.2) is 0 Å². The number of para-hydroxylation sites is 1. The van der Waals surface area contributed by atoms with E-state index in [1.54, 1.807) is 6.07 Å². The van der Waals surface area contributed by atoms with E-state index in [-0.39, 0.29) is 23.8 Å². The van der Waals surface area contributed by atoms with E-state index in [2.05, 4.69) is 4.72 Å². The van der Waals surface area contributed by atoms with Gasteiger partial charge in [-0.25, -0.2) is 13.1 Å². The first-order valence-electron chi connectivity index (χ1n) is 6.66. The summed E-state index contributed by atoms with van der Waals surface area (Å²) in [5, 5.41) is 10.9. The van der Waals surface area contributed by atoms with Crippen molar-refractivity contribution >= 4 is 15.7 Å². The third kappa shape index (κ3) is 6.19. The van der Waals surface area contributed by atoms with Gasteiger partial charge in [0.25, 0.3) is 5.69 Å². The Kier molecular flexibility index (Phi) is 6.25. The summed E-state index contributed by atoms with van der Waals surface area (Å²) in [5.74, 6) is -0.0573. The highest BCUT2D eigenvalue weighted by Crippen LogP contribution is 2.19. The summed E-state index contributed by atoms with van der Waals surface area (Å²) in [6.45, 7) is 4.13. The van der Waals surface area contributed by atoms with Crippen LogP contribution in [0.15, 0.2) is 24.3 Å². The lowest BCUT2D eigenvalue weighted by atomic mass is 10.1. The Hall–Kier alpha value is -1.51. The minimum Gasteiger partial charge on any atom is -0.327 e. The van der Waals surface area contributed by atoms with Gasteiger partial charge in [-0.1, -0.05) is 32.0 Å². The Bertz CT molecular complexity index is 587. The van der Waals surface area contributed by atoms with Gasteiger partial charge >= 0.3 is 0 Å². The normalized spacial score (nSPS) is 13.3. The molecular weight excluding hydrogens is 294 g/mol. The first kappa shape index (κ1) is 17.5. The highest BCUT2D eigenvalue weighted by Gasteiger charge is 2.20. The molecule has 0 saturated carbocycles. The molecular formula is C13H21N3O4S. The van der Waals surface area contributed by atoms with E-state index >= 15 is 0 Å². The summed E-state index contributed by atoms with van der Waals surface area (Å²) in [4.78, 5) is 10.3. The van der Waals surface area contributed by atoms with Crippen LogP contribution in [0.3, 0.4) is 0 Å². The van der Waals surface area contributed by atoms with Crippen LogP contribution >= 0.6 is 0 Å². The number of sulfonamides is 1. The number of nitrogens with two attached hydrogens (primary N) is 1. The molecule has 118 valence electrons. The van der Waals surface area contributed by atoms with Crippen molar-refractivity contribution in [2.75, 3.05) is 6.54 Å². The smallest absolute Gasteiger partial charge is 0.273 e. The summed E-state index contributed by atoms with van der Waals surface area (Å²) in [6, 6.07) is 5.52. The Morgan fingerprint density at radius 2 is 1.95 bits per heavy atom. The van der Waals surface area contributed by atoms with Gasteiger partial charge in [-0.2, -0.15) is 0 Å². The number of nitro benzene ring substituents is 1. The van der Waals surface area contributed by atoms with E-state index in [0.29, 0.717) is 12.3 Å². The molecule has 0 aliphatic carbocycles. The van der Waals surface area contributed by atoms with Gasteiger partial charge in [-0.3, -0.25) is 10.1 Å². The predicted octanol–water partition coefficient (Wildman–Crippen LogP) is 1.39. The summed E-state index contributed by atoms with van der Waals surface area (Å²) in [6.07, 6.45) is 0.702. The topological polar surface area (TPSA) is 115 Å². The molecule has 1 atom stereocenters. The molecule has 1 unspecified atom stereocenters. The largest absolute Gasteiger partial charge is 0.327 e. The molecule has 3 N–H and O–H groups in total. The van der Waals surface area contributed by atoms with Crippen LogP contribution in [0.5, 0.6) is 0 Å². The monoisotopic (exact) mass is 315 g/mol. The molecule has 0 spiro atoms. The highest BCUT2D eigenvalue weighted by molar-refractivity contribution is 7.88. The molecule has 21 heavy (non-hydrogen) atoms. The number of nitro groups is 1. The van der Waals surface area contributed by atoms with Gasteiger partial charge in [0.1, 0.15) is 0 Å². The van der Waals surface area contributed by atoms with E-state index < -0.39 is 20.7 Å². The van der Waals surface area contributed by atoms with Crippen molar-refractivity contribution < 1.29 is 13.3 Å². The summed E-state index contributed by atoms with van der Waals surface area (Å²) in [7, 11) is -3.66. The second kappa shape index (κ2) is 7.48. The maximum absolute atomic E-state index is 12.0. The number of hydrogen-bond acceptors (Lipinski definition) is 5. The first-order chi connectivity index (χ1) is 9.71. The number of hydrogen-bond donors (Lipinski definition) is 2. The molecule has 1 rings (SSSR count). The number of rotatable bonds is 8. The molecule has 0 aliphatic heterocycles. The third-order valence-corrected chi connectivity index (χ3v) is 4.17. The maximum Gasteiger partial charge on any atom is 0.273 e. The van der Waals surface area contributed by atoms with Gasteiger partial charge < -0.3 is 5.73 Å². The molecule has 8 heteroatoms. The fourth-order valence-corrected chi connectivity index (χ4v) is 3.21. The average molecular weight is 315 g/mol. The van der Waals surface area contributed by atoms with E-state index in [1.807, 2.05) is 13.8 Å². The molecule has 7 nitrogen and oxygen atoms in total. The summed E-state index contributed by atoms with van der Waals surface area (Å²) >= 11 is 0. The quantitative estimate of drug-likeness (QED) is 0.555. The molecule has 0 amide bonds. The Morgan fingerprint density at radius 1 is 1.33 bits per heavy atom. The van der Waals surface area contributed by atoms with Crippen LogP contribution < -0.4 is 10.5 Å². The van der Waals surface area contributed by atoms with Crippen LogP contribution in [-0.2, 0) is 15.8 Å². The summed E-state index contributed by atoms with van der Waals surface area (Å²) < 4.78 is 26.4. The van der Waals surface area contributed by atoms with Crippen LogP contribution in [0.4, 0.5) is 5.69 Å².